The van der Waals surface area contributed by atoms with Gasteiger partial charge in [0.1, 0.15) is 18.8 Å². The Morgan fingerprint density at radius 2 is 1.96 bits per heavy atom. The highest BCUT2D eigenvalue weighted by atomic mass is 16.5. The fourth-order valence-corrected chi connectivity index (χ4v) is 2.31. The number of nitrogens with zero attached hydrogens (tertiary/aromatic N) is 1. The average molecular weight is 340 g/mol. The lowest BCUT2D eigenvalue weighted by molar-refractivity contribution is 0.0180. The third-order valence-corrected chi connectivity index (χ3v) is 3.76. The normalized spacial score (nSPS) is 12.7. The van der Waals surface area contributed by atoms with Gasteiger partial charge in [0, 0.05) is 6.54 Å². The van der Waals surface area contributed by atoms with Crippen molar-refractivity contribution in [1.29, 1.82) is 5.26 Å². The van der Waals surface area contributed by atoms with Crippen molar-refractivity contribution in [2.45, 2.75) is 25.7 Å². The summed E-state index contributed by atoms with van der Waals surface area (Å²) in [7, 11) is 0. The third-order valence-electron chi connectivity index (χ3n) is 3.76. The van der Waals surface area contributed by atoms with Crippen LogP contribution in [0.15, 0.2) is 48.5 Å². The van der Waals surface area contributed by atoms with E-state index >= 15 is 0 Å². The zero-order chi connectivity index (χ0) is 18.2. The van der Waals surface area contributed by atoms with Crippen molar-refractivity contribution in [1.82, 2.24) is 5.32 Å². The van der Waals surface area contributed by atoms with Gasteiger partial charge in [0.25, 0.3) is 0 Å². The molecule has 0 heterocycles. The Kier molecular flexibility index (Phi) is 6.52. The van der Waals surface area contributed by atoms with Crippen LogP contribution in [0.5, 0.6) is 0 Å². The fraction of sp³-hybridized carbons (Fsp3) is 0.263. The summed E-state index contributed by atoms with van der Waals surface area (Å²) in [6.45, 7) is 1.72. The van der Waals surface area contributed by atoms with Gasteiger partial charge in [0.05, 0.1) is 11.6 Å². The van der Waals surface area contributed by atoms with Crippen LogP contribution in [-0.2, 0) is 11.3 Å². The Balaban J connectivity index is 1.86. The number of hydrogen-bond donors (Lipinski definition) is 3. The number of aryl methyl sites for hydroxylation is 1. The zero-order valence-electron chi connectivity index (χ0n) is 13.8. The molecule has 0 radical (unpaired) electrons. The van der Waals surface area contributed by atoms with Crippen LogP contribution in [0.4, 0.5) is 4.79 Å². The summed E-state index contributed by atoms with van der Waals surface area (Å²) in [5, 5.41) is 31.7. The molecule has 2 rings (SSSR count). The first-order chi connectivity index (χ1) is 12.0. The molecule has 2 unspecified atom stereocenters. The Bertz CT molecular complexity index is 756. The number of aliphatic hydroxyl groups excluding tert-OH is 2. The zero-order valence-corrected chi connectivity index (χ0v) is 13.8. The summed E-state index contributed by atoms with van der Waals surface area (Å²) in [4.78, 5) is 11.7. The molecule has 0 fully saturated rings. The number of alkyl carbamates (subject to hydrolysis) is 1. The van der Waals surface area contributed by atoms with Crippen molar-refractivity contribution in [2.75, 3.05) is 6.54 Å². The monoisotopic (exact) mass is 340 g/mol. The maximum absolute atomic E-state index is 11.7. The number of nitrogens with one attached hydrogen (secondary N) is 1. The molecule has 6 heteroatoms. The highest BCUT2D eigenvalue weighted by Crippen LogP contribution is 2.22. The van der Waals surface area contributed by atoms with Crippen LogP contribution in [0.2, 0.25) is 0 Å². The van der Waals surface area contributed by atoms with Gasteiger partial charge in [-0.25, -0.2) is 4.79 Å². The topological polar surface area (TPSA) is 103 Å². The van der Waals surface area contributed by atoms with Gasteiger partial charge in [-0.3, -0.25) is 0 Å². The van der Waals surface area contributed by atoms with Crippen LogP contribution in [0.1, 0.15) is 28.4 Å². The molecule has 0 aliphatic heterocycles. The fourth-order valence-electron chi connectivity index (χ4n) is 2.31. The largest absolute Gasteiger partial charge is 0.445 e. The minimum atomic E-state index is -1.23. The van der Waals surface area contributed by atoms with Gasteiger partial charge < -0.3 is 20.3 Å². The number of aliphatic hydroxyl groups is 2. The maximum Gasteiger partial charge on any atom is 0.407 e. The molecule has 2 aromatic carbocycles. The number of carbonyl (C=O) groups is 1. The molecule has 0 saturated heterocycles. The summed E-state index contributed by atoms with van der Waals surface area (Å²) in [6.07, 6.45) is -3.13. The minimum Gasteiger partial charge on any atom is -0.445 e. The summed E-state index contributed by atoms with van der Waals surface area (Å²) in [6, 6.07) is 16.1. The lowest BCUT2D eigenvalue weighted by Crippen LogP contribution is -2.36. The summed E-state index contributed by atoms with van der Waals surface area (Å²) < 4.78 is 5.04. The molecule has 25 heavy (non-hydrogen) atoms. The maximum atomic E-state index is 11.7. The molecule has 2 atom stereocenters. The van der Waals surface area contributed by atoms with Crippen LogP contribution < -0.4 is 5.32 Å². The van der Waals surface area contributed by atoms with Gasteiger partial charge in [0.15, 0.2) is 0 Å². The van der Waals surface area contributed by atoms with Gasteiger partial charge in [0.2, 0.25) is 0 Å². The molecule has 2 aromatic rings. The summed E-state index contributed by atoms with van der Waals surface area (Å²) >= 11 is 0. The van der Waals surface area contributed by atoms with E-state index in [9.17, 15) is 15.0 Å². The predicted octanol–water partition coefficient (Wildman–Crippen LogP) is 2.19. The standard InChI is InChI=1S/C19H20N2O4/c1-13-7-8-15(10-20)9-16(13)18(23)17(22)11-21-19(24)25-12-14-5-3-2-4-6-14/h2-9,17-18,22-23H,11-12H2,1H3,(H,21,24). The Morgan fingerprint density at radius 1 is 1.24 bits per heavy atom. The number of rotatable bonds is 6. The molecular weight excluding hydrogens is 320 g/mol. The van der Waals surface area contributed by atoms with E-state index in [0.717, 1.165) is 11.1 Å². The highest BCUT2D eigenvalue weighted by molar-refractivity contribution is 5.67. The number of carbonyl (C=O) groups excluding carboxylic acids is 1. The van der Waals surface area contributed by atoms with Crippen molar-refractivity contribution in [3.8, 4) is 6.07 Å². The third kappa shape index (κ3) is 5.31. The Hall–Kier alpha value is -2.88. The second kappa shape index (κ2) is 8.83. The molecular formula is C19H20N2O4. The Labute approximate surface area is 146 Å². The molecule has 0 spiro atoms. The van der Waals surface area contributed by atoms with E-state index in [0.29, 0.717) is 11.1 Å². The van der Waals surface area contributed by atoms with Crippen LogP contribution >= 0.6 is 0 Å². The lowest BCUT2D eigenvalue weighted by atomic mass is 9.97. The summed E-state index contributed by atoms with van der Waals surface area (Å²) in [5.41, 5.74) is 2.44. The smallest absolute Gasteiger partial charge is 0.407 e. The van der Waals surface area contributed by atoms with Gasteiger partial charge >= 0.3 is 6.09 Å². The average Bonchev–Trinajstić information content (AvgIpc) is 2.65. The van der Waals surface area contributed by atoms with Crippen LogP contribution in [0, 0.1) is 18.3 Å². The molecule has 0 aromatic heterocycles. The molecule has 0 saturated carbocycles. The molecule has 0 aliphatic rings. The first-order valence-electron chi connectivity index (χ1n) is 7.82. The molecule has 3 N–H and O–H groups in total. The second-order valence-electron chi connectivity index (χ2n) is 5.64. The van der Waals surface area contributed by atoms with Gasteiger partial charge in [-0.2, -0.15) is 5.26 Å². The van der Waals surface area contributed by atoms with E-state index in [1.54, 1.807) is 19.1 Å². The van der Waals surface area contributed by atoms with Crippen LogP contribution in [0.25, 0.3) is 0 Å². The Morgan fingerprint density at radius 3 is 2.64 bits per heavy atom. The van der Waals surface area contributed by atoms with Gasteiger partial charge in [-0.15, -0.1) is 0 Å². The number of benzene rings is 2. The first kappa shape index (κ1) is 18.5. The SMILES string of the molecule is Cc1ccc(C#N)cc1C(O)C(O)CNC(=O)OCc1ccccc1. The van der Waals surface area contributed by atoms with E-state index in [1.165, 1.54) is 6.07 Å². The molecule has 1 amide bonds. The first-order valence-corrected chi connectivity index (χ1v) is 7.82. The highest BCUT2D eigenvalue weighted by Gasteiger charge is 2.21. The predicted molar refractivity (Wildman–Crippen MR) is 91.5 cm³/mol. The van der Waals surface area contributed by atoms with Crippen LogP contribution in [-0.4, -0.2) is 29.0 Å². The van der Waals surface area contributed by atoms with Crippen molar-refractivity contribution in [3.63, 3.8) is 0 Å². The molecule has 0 bridgehead atoms. The van der Waals surface area contributed by atoms with Crippen LogP contribution in [0.3, 0.4) is 0 Å². The number of amides is 1. The number of nitriles is 1. The number of ether oxygens (including phenoxy) is 1. The van der Waals surface area contributed by atoms with E-state index < -0.39 is 18.3 Å². The van der Waals surface area contributed by atoms with Crippen molar-refractivity contribution >= 4 is 6.09 Å². The van der Waals surface area contributed by atoms with E-state index in [2.05, 4.69) is 5.32 Å². The summed E-state index contributed by atoms with van der Waals surface area (Å²) in [5.74, 6) is 0. The van der Waals surface area contributed by atoms with Gasteiger partial charge in [-0.1, -0.05) is 36.4 Å². The molecule has 0 aliphatic carbocycles. The second-order valence-corrected chi connectivity index (χ2v) is 5.64. The number of hydrogen-bond acceptors (Lipinski definition) is 5. The lowest BCUT2D eigenvalue weighted by Gasteiger charge is -2.20. The van der Waals surface area contributed by atoms with E-state index in [1.807, 2.05) is 36.4 Å². The van der Waals surface area contributed by atoms with Crippen molar-refractivity contribution < 1.29 is 19.7 Å². The van der Waals surface area contributed by atoms with Crippen molar-refractivity contribution in [2.24, 2.45) is 0 Å². The quantitative estimate of drug-likeness (QED) is 0.748. The van der Waals surface area contributed by atoms with E-state index in [-0.39, 0.29) is 13.2 Å². The molecule has 6 nitrogen and oxygen atoms in total. The minimum absolute atomic E-state index is 0.120. The van der Waals surface area contributed by atoms with Crippen molar-refractivity contribution in [3.05, 3.63) is 70.8 Å². The molecule has 130 valence electrons. The van der Waals surface area contributed by atoms with E-state index in [4.69, 9.17) is 10.00 Å². The van der Waals surface area contributed by atoms with Gasteiger partial charge in [-0.05, 0) is 35.7 Å².